The largest absolute Gasteiger partial charge is 0.512 e. The lowest BCUT2D eigenvalue weighted by Crippen LogP contribution is -2.64. The molecular formula is C23H35NO5S. The van der Waals surface area contributed by atoms with E-state index in [0.717, 1.165) is 25.7 Å². The van der Waals surface area contributed by atoms with Gasteiger partial charge in [0.25, 0.3) is 5.91 Å². The summed E-state index contributed by atoms with van der Waals surface area (Å²) in [5.41, 5.74) is 2.17. The molecule has 0 aromatic rings. The van der Waals surface area contributed by atoms with Crippen molar-refractivity contribution in [3.8, 4) is 0 Å². The van der Waals surface area contributed by atoms with Crippen LogP contribution in [0.5, 0.6) is 0 Å². The van der Waals surface area contributed by atoms with Gasteiger partial charge in [0.2, 0.25) is 0 Å². The van der Waals surface area contributed by atoms with Crippen LogP contribution < -0.4 is 5.48 Å². The second-order valence-electron chi connectivity index (χ2n) is 11.1. The van der Waals surface area contributed by atoms with Crippen LogP contribution in [0.25, 0.3) is 0 Å². The first-order valence-electron chi connectivity index (χ1n) is 11.0. The summed E-state index contributed by atoms with van der Waals surface area (Å²) < 4.78 is 27.0. The van der Waals surface area contributed by atoms with Crippen LogP contribution in [0.4, 0.5) is 0 Å². The summed E-state index contributed by atoms with van der Waals surface area (Å²) in [7, 11) is -2.21. The third-order valence-electron chi connectivity index (χ3n) is 9.12. The lowest BCUT2D eigenvalue weighted by molar-refractivity contribution is -0.140. The average molecular weight is 438 g/mol. The van der Waals surface area contributed by atoms with Gasteiger partial charge in [-0.25, -0.2) is 13.9 Å². The Kier molecular flexibility index (Phi) is 4.98. The number of aliphatic hydroxyl groups is 1. The summed E-state index contributed by atoms with van der Waals surface area (Å²) in [6, 6.07) is 0. The molecule has 0 aromatic heterocycles. The molecule has 3 aliphatic carbocycles. The molecular weight excluding hydrogens is 402 g/mol. The van der Waals surface area contributed by atoms with Crippen LogP contribution in [0.1, 0.15) is 59.8 Å². The highest BCUT2D eigenvalue weighted by molar-refractivity contribution is 7.92. The van der Waals surface area contributed by atoms with Gasteiger partial charge in [-0.15, -0.1) is 0 Å². The van der Waals surface area contributed by atoms with Gasteiger partial charge in [-0.3, -0.25) is 9.63 Å². The molecule has 2 N–H and O–H groups in total. The number of hydrogen-bond acceptors (Lipinski definition) is 5. The highest BCUT2D eigenvalue weighted by Crippen LogP contribution is 2.68. The van der Waals surface area contributed by atoms with Crippen LogP contribution in [0.3, 0.4) is 0 Å². The van der Waals surface area contributed by atoms with Crippen molar-refractivity contribution >= 4 is 15.7 Å². The van der Waals surface area contributed by atoms with Gasteiger partial charge in [-0.05, 0) is 59.8 Å². The number of sulfone groups is 1. The Balaban J connectivity index is 1.79. The summed E-state index contributed by atoms with van der Waals surface area (Å²) in [6.07, 6.45) is 8.23. The number of hydrogen-bond donors (Lipinski definition) is 2. The molecule has 6 nitrogen and oxygen atoms in total. The first-order chi connectivity index (χ1) is 13.9. The maximum atomic E-state index is 13.5. The van der Waals surface area contributed by atoms with Gasteiger partial charge in [0, 0.05) is 11.5 Å². The number of carbonyl (C=O) groups is 1. The van der Waals surface area contributed by atoms with E-state index in [1.807, 2.05) is 0 Å². The predicted octanol–water partition coefficient (Wildman–Crippen LogP) is 3.71. The Morgan fingerprint density at radius 2 is 1.83 bits per heavy atom. The minimum absolute atomic E-state index is 0.00660. The normalized spacial score (nSPS) is 43.9. The molecule has 2 saturated carbocycles. The fourth-order valence-electron chi connectivity index (χ4n) is 7.84. The molecule has 3 fully saturated rings. The first-order valence-corrected chi connectivity index (χ1v) is 12.8. The van der Waals surface area contributed by atoms with E-state index in [1.54, 1.807) is 0 Å². The van der Waals surface area contributed by atoms with E-state index < -0.39 is 26.9 Å². The molecule has 4 rings (SSSR count). The van der Waals surface area contributed by atoms with Gasteiger partial charge in [-0.2, -0.15) is 0 Å². The van der Waals surface area contributed by atoms with Crippen molar-refractivity contribution in [1.29, 1.82) is 0 Å². The fraction of sp³-hybridized carbons (Fsp3) is 0.783. The zero-order valence-electron chi connectivity index (χ0n) is 18.7. The van der Waals surface area contributed by atoms with Crippen LogP contribution >= 0.6 is 0 Å². The average Bonchev–Trinajstić information content (AvgIpc) is 2.63. The second-order valence-corrected chi connectivity index (χ2v) is 13.3. The van der Waals surface area contributed by atoms with Crippen molar-refractivity contribution in [2.45, 2.75) is 65.0 Å². The second kappa shape index (κ2) is 6.83. The Morgan fingerprint density at radius 3 is 2.50 bits per heavy atom. The maximum absolute atomic E-state index is 13.5. The molecule has 0 spiro atoms. The Labute approximate surface area is 180 Å². The molecule has 6 atom stereocenters. The van der Waals surface area contributed by atoms with E-state index in [1.165, 1.54) is 25.7 Å². The number of amides is 1. The quantitative estimate of drug-likeness (QED) is 0.643. The molecule has 2 unspecified atom stereocenters. The van der Waals surface area contributed by atoms with E-state index >= 15 is 0 Å². The number of rotatable bonds is 2. The molecule has 0 aromatic carbocycles. The lowest BCUT2D eigenvalue weighted by atomic mass is 9.41. The highest BCUT2D eigenvalue weighted by Gasteiger charge is 2.66. The number of allylic oxidation sites excluding steroid dienone is 1. The third kappa shape index (κ3) is 2.99. The van der Waals surface area contributed by atoms with Crippen molar-refractivity contribution < 1.29 is 23.2 Å². The molecule has 168 valence electrons. The van der Waals surface area contributed by atoms with Crippen LogP contribution in [-0.4, -0.2) is 37.5 Å². The third-order valence-corrected chi connectivity index (χ3v) is 11.2. The molecule has 1 aliphatic heterocycles. The van der Waals surface area contributed by atoms with E-state index in [4.69, 9.17) is 0 Å². The smallest absolute Gasteiger partial charge is 0.274 e. The Hall–Kier alpha value is -1.34. The zero-order chi connectivity index (χ0) is 22.1. The summed E-state index contributed by atoms with van der Waals surface area (Å²) in [4.78, 5) is 16.9. The van der Waals surface area contributed by atoms with E-state index in [-0.39, 0.29) is 39.2 Å². The molecule has 1 amide bonds. The van der Waals surface area contributed by atoms with Gasteiger partial charge in [-0.1, -0.05) is 40.2 Å². The Bertz CT molecular complexity index is 920. The number of fused-ring (bicyclic) bond motifs is 5. The zero-order valence-corrected chi connectivity index (χ0v) is 19.5. The van der Waals surface area contributed by atoms with Crippen molar-refractivity contribution in [1.82, 2.24) is 5.48 Å². The van der Waals surface area contributed by atoms with Crippen molar-refractivity contribution in [3.05, 3.63) is 23.5 Å². The van der Waals surface area contributed by atoms with Crippen LogP contribution in [0.2, 0.25) is 0 Å². The topological polar surface area (TPSA) is 92.7 Å². The monoisotopic (exact) mass is 437 g/mol. The van der Waals surface area contributed by atoms with Crippen LogP contribution in [0.15, 0.2) is 23.5 Å². The van der Waals surface area contributed by atoms with Crippen molar-refractivity contribution in [2.24, 2.45) is 34.0 Å². The Morgan fingerprint density at radius 1 is 1.13 bits per heavy atom. The van der Waals surface area contributed by atoms with Gasteiger partial charge in [0.15, 0.2) is 9.84 Å². The summed E-state index contributed by atoms with van der Waals surface area (Å²) in [6.45, 7) is 9.14. The predicted molar refractivity (Wildman–Crippen MR) is 115 cm³/mol. The fourth-order valence-corrected chi connectivity index (χ4v) is 10.5. The standard InChI is InChI=1S/C23H35NO5S/c1-21(2)8-6-9-22(3)17(21)7-10-23(4)18(22)13-30(27,28)16-12-14(20(26)24-29-5)11-15(25)19(16)23/h11-12,16-19,25H,6-10,13H2,1-5H3,(H,24,26)/t16?,17-,18+,19?,22-,23+/m0/s1. The van der Waals surface area contributed by atoms with Gasteiger partial charge >= 0.3 is 0 Å². The number of carbonyl (C=O) groups excluding carboxylic acids is 1. The van der Waals surface area contributed by atoms with Gasteiger partial charge < -0.3 is 5.11 Å². The van der Waals surface area contributed by atoms with Crippen molar-refractivity contribution in [2.75, 3.05) is 12.9 Å². The molecule has 7 heteroatoms. The number of aliphatic hydroxyl groups excluding tert-OH is 1. The highest BCUT2D eigenvalue weighted by atomic mass is 32.2. The minimum atomic E-state index is -3.53. The van der Waals surface area contributed by atoms with E-state index in [9.17, 15) is 18.3 Å². The van der Waals surface area contributed by atoms with Crippen molar-refractivity contribution in [3.63, 3.8) is 0 Å². The van der Waals surface area contributed by atoms with Gasteiger partial charge in [0.05, 0.1) is 23.9 Å². The minimum Gasteiger partial charge on any atom is -0.512 e. The molecule has 4 aliphatic rings. The molecule has 30 heavy (non-hydrogen) atoms. The summed E-state index contributed by atoms with van der Waals surface area (Å²) in [5.74, 6) is -0.448. The van der Waals surface area contributed by atoms with E-state index in [0.29, 0.717) is 5.92 Å². The molecule has 1 heterocycles. The molecule has 0 radical (unpaired) electrons. The molecule has 0 bridgehead atoms. The lowest BCUT2D eigenvalue weighted by Gasteiger charge is -2.66. The maximum Gasteiger partial charge on any atom is 0.274 e. The first kappa shape index (κ1) is 21.9. The van der Waals surface area contributed by atoms with Crippen LogP contribution in [0, 0.1) is 34.0 Å². The van der Waals surface area contributed by atoms with Gasteiger partial charge in [0.1, 0.15) is 0 Å². The number of nitrogens with one attached hydrogen (secondary N) is 1. The van der Waals surface area contributed by atoms with Crippen LogP contribution in [-0.2, 0) is 19.5 Å². The molecule has 1 saturated heterocycles. The number of hydroxylamine groups is 1. The summed E-state index contributed by atoms with van der Waals surface area (Å²) in [5, 5.41) is 10.2. The van der Waals surface area contributed by atoms with E-state index in [2.05, 4.69) is 38.0 Å². The summed E-state index contributed by atoms with van der Waals surface area (Å²) >= 11 is 0. The SMILES string of the molecule is CONC(=O)C1=CC2C(C(O)=C1)[C@]1(C)CC[C@H]3C(C)(C)CCC[C@]3(C)[C@H]1CS2(=O)=O.